The predicted octanol–water partition coefficient (Wildman–Crippen LogP) is 2.43. The third-order valence-corrected chi connectivity index (χ3v) is 2.60. The van der Waals surface area contributed by atoms with Crippen molar-refractivity contribution in [3.63, 3.8) is 0 Å². The van der Waals surface area contributed by atoms with Gasteiger partial charge in [-0.15, -0.1) is 0 Å². The zero-order valence-electron chi connectivity index (χ0n) is 11.2. The van der Waals surface area contributed by atoms with Crippen LogP contribution in [0, 0.1) is 0 Å². The number of hydrogen-bond acceptors (Lipinski definition) is 4. The maximum Gasteiger partial charge on any atom is 0.347 e. The first-order valence-corrected chi connectivity index (χ1v) is 6.27. The van der Waals surface area contributed by atoms with Crippen molar-refractivity contribution in [1.82, 2.24) is 0 Å². The molecule has 0 saturated heterocycles. The van der Waals surface area contributed by atoms with Crippen LogP contribution in [0.3, 0.4) is 0 Å². The second-order valence-electron chi connectivity index (χ2n) is 4.09. The van der Waals surface area contributed by atoms with Crippen molar-refractivity contribution in [3.8, 4) is 5.75 Å². The van der Waals surface area contributed by atoms with Gasteiger partial charge in [0.1, 0.15) is 5.75 Å². The van der Waals surface area contributed by atoms with Gasteiger partial charge < -0.3 is 15.2 Å². The maximum atomic E-state index is 11.7. The van der Waals surface area contributed by atoms with Crippen molar-refractivity contribution in [2.75, 3.05) is 6.61 Å². The zero-order chi connectivity index (χ0) is 13.5. The van der Waals surface area contributed by atoms with Crippen LogP contribution in [-0.4, -0.2) is 18.7 Å². The Bertz CT molecular complexity index is 390. The highest BCUT2D eigenvalue weighted by atomic mass is 16.6. The maximum absolute atomic E-state index is 11.7. The molecular weight excluding hydrogens is 230 g/mol. The van der Waals surface area contributed by atoms with Crippen LogP contribution in [0.5, 0.6) is 5.75 Å². The van der Waals surface area contributed by atoms with Crippen LogP contribution in [0.15, 0.2) is 24.3 Å². The number of carbonyl (C=O) groups is 1. The number of nitrogens with two attached hydrogens (primary N) is 1. The quantitative estimate of drug-likeness (QED) is 0.789. The van der Waals surface area contributed by atoms with E-state index in [9.17, 15) is 4.79 Å². The van der Waals surface area contributed by atoms with Gasteiger partial charge in [0.15, 0.2) is 6.10 Å². The fourth-order valence-corrected chi connectivity index (χ4v) is 1.65. The van der Waals surface area contributed by atoms with Crippen LogP contribution >= 0.6 is 0 Å². The molecule has 0 fully saturated rings. The predicted molar refractivity (Wildman–Crippen MR) is 70.4 cm³/mol. The molecule has 0 aliphatic carbocycles. The molecule has 18 heavy (non-hydrogen) atoms. The summed E-state index contributed by atoms with van der Waals surface area (Å²) in [6, 6.07) is 7.34. The van der Waals surface area contributed by atoms with Gasteiger partial charge in [0.25, 0.3) is 0 Å². The van der Waals surface area contributed by atoms with E-state index < -0.39 is 6.10 Å². The van der Waals surface area contributed by atoms with Gasteiger partial charge in [0.2, 0.25) is 0 Å². The van der Waals surface area contributed by atoms with Crippen molar-refractivity contribution >= 4 is 5.97 Å². The van der Waals surface area contributed by atoms with Crippen LogP contribution in [-0.2, 0) is 9.53 Å². The molecule has 0 aliphatic heterocycles. The van der Waals surface area contributed by atoms with Gasteiger partial charge in [-0.3, -0.25) is 0 Å². The topological polar surface area (TPSA) is 61.5 Å². The normalized spacial score (nSPS) is 13.8. The molecule has 100 valence electrons. The van der Waals surface area contributed by atoms with Crippen LogP contribution in [0.4, 0.5) is 0 Å². The molecule has 0 heterocycles. The Balaban J connectivity index is 2.85. The van der Waals surface area contributed by atoms with Gasteiger partial charge in [-0.05, 0) is 26.3 Å². The Morgan fingerprint density at radius 3 is 2.56 bits per heavy atom. The second-order valence-corrected chi connectivity index (χ2v) is 4.09. The molecule has 2 unspecified atom stereocenters. The molecule has 0 bridgehead atoms. The first-order valence-electron chi connectivity index (χ1n) is 6.27. The lowest BCUT2D eigenvalue weighted by Crippen LogP contribution is -2.29. The van der Waals surface area contributed by atoms with Gasteiger partial charge >= 0.3 is 5.97 Å². The lowest BCUT2D eigenvalue weighted by Gasteiger charge is -2.19. The molecule has 1 aromatic rings. The molecular formula is C14H21NO3. The van der Waals surface area contributed by atoms with E-state index in [2.05, 4.69) is 0 Å². The number of esters is 1. The minimum atomic E-state index is -0.579. The summed E-state index contributed by atoms with van der Waals surface area (Å²) in [5.74, 6) is 0.312. The summed E-state index contributed by atoms with van der Waals surface area (Å²) >= 11 is 0. The van der Waals surface area contributed by atoms with Gasteiger partial charge in [0.05, 0.1) is 6.61 Å². The van der Waals surface area contributed by atoms with Crippen LogP contribution in [0.1, 0.15) is 38.8 Å². The monoisotopic (exact) mass is 251 g/mol. The average molecular weight is 251 g/mol. The fraction of sp³-hybridized carbons (Fsp3) is 0.500. The number of rotatable bonds is 6. The van der Waals surface area contributed by atoms with E-state index in [0.717, 1.165) is 5.56 Å². The molecule has 4 nitrogen and oxygen atoms in total. The summed E-state index contributed by atoms with van der Waals surface area (Å²) in [5, 5.41) is 0. The second kappa shape index (κ2) is 7.01. The van der Waals surface area contributed by atoms with Crippen molar-refractivity contribution in [3.05, 3.63) is 29.8 Å². The molecule has 2 atom stereocenters. The fourth-order valence-electron chi connectivity index (χ4n) is 1.65. The third kappa shape index (κ3) is 3.74. The van der Waals surface area contributed by atoms with E-state index in [1.807, 2.05) is 38.1 Å². The third-order valence-electron chi connectivity index (χ3n) is 2.60. The van der Waals surface area contributed by atoms with Crippen LogP contribution in [0.2, 0.25) is 0 Å². The minimum absolute atomic E-state index is 0.138. The SMILES string of the molecule is CCOC(=O)C(CC)Oc1ccccc1C(C)N. The minimum Gasteiger partial charge on any atom is -0.478 e. The molecule has 0 aromatic heterocycles. The number of para-hydroxylation sites is 1. The summed E-state index contributed by atoms with van der Waals surface area (Å²) in [4.78, 5) is 11.7. The van der Waals surface area contributed by atoms with Crippen LogP contribution in [0.25, 0.3) is 0 Å². The molecule has 0 amide bonds. The van der Waals surface area contributed by atoms with E-state index >= 15 is 0 Å². The first-order chi connectivity index (χ1) is 8.60. The van der Waals surface area contributed by atoms with Crippen molar-refractivity contribution in [2.24, 2.45) is 5.73 Å². The summed E-state index contributed by atoms with van der Waals surface area (Å²) in [6.45, 7) is 5.90. The molecule has 0 aliphatic rings. The summed E-state index contributed by atoms with van der Waals surface area (Å²) < 4.78 is 10.7. The number of ether oxygens (including phenoxy) is 2. The number of carbonyl (C=O) groups excluding carboxylic acids is 1. The first kappa shape index (κ1) is 14.5. The summed E-state index contributed by atoms with van der Waals surface area (Å²) in [6.07, 6.45) is -0.0172. The van der Waals surface area contributed by atoms with E-state index in [4.69, 9.17) is 15.2 Å². The van der Waals surface area contributed by atoms with Gasteiger partial charge in [-0.25, -0.2) is 4.79 Å². The Kier molecular flexibility index (Phi) is 5.65. The van der Waals surface area contributed by atoms with E-state index in [-0.39, 0.29) is 12.0 Å². The van der Waals surface area contributed by atoms with E-state index in [1.165, 1.54) is 0 Å². The highest BCUT2D eigenvalue weighted by Crippen LogP contribution is 2.25. The Morgan fingerprint density at radius 1 is 1.33 bits per heavy atom. The largest absolute Gasteiger partial charge is 0.478 e. The van der Waals surface area contributed by atoms with Crippen molar-refractivity contribution in [1.29, 1.82) is 0 Å². The van der Waals surface area contributed by atoms with Gasteiger partial charge in [0, 0.05) is 11.6 Å². The van der Waals surface area contributed by atoms with E-state index in [1.54, 1.807) is 6.92 Å². The Morgan fingerprint density at radius 2 is 2.00 bits per heavy atom. The molecule has 0 saturated carbocycles. The molecule has 1 rings (SSSR count). The van der Waals surface area contributed by atoms with Crippen molar-refractivity contribution < 1.29 is 14.3 Å². The van der Waals surface area contributed by atoms with E-state index in [0.29, 0.717) is 18.8 Å². The number of hydrogen-bond donors (Lipinski definition) is 1. The van der Waals surface area contributed by atoms with Crippen LogP contribution < -0.4 is 10.5 Å². The standard InChI is InChI=1S/C14H21NO3/c1-4-12(14(16)17-5-2)18-13-9-7-6-8-11(13)10(3)15/h6-10,12H,4-5,15H2,1-3H3. The van der Waals surface area contributed by atoms with Gasteiger partial charge in [-0.1, -0.05) is 25.1 Å². The molecule has 2 N–H and O–H groups in total. The smallest absolute Gasteiger partial charge is 0.347 e. The molecule has 4 heteroatoms. The van der Waals surface area contributed by atoms with Crippen molar-refractivity contribution in [2.45, 2.75) is 39.3 Å². The lowest BCUT2D eigenvalue weighted by atomic mass is 10.1. The zero-order valence-corrected chi connectivity index (χ0v) is 11.2. The highest BCUT2D eigenvalue weighted by Gasteiger charge is 2.21. The summed E-state index contributed by atoms with van der Waals surface area (Å²) in [5.41, 5.74) is 6.76. The number of benzene rings is 1. The Labute approximate surface area is 108 Å². The summed E-state index contributed by atoms with van der Waals surface area (Å²) in [7, 11) is 0. The average Bonchev–Trinajstić information content (AvgIpc) is 2.36. The molecule has 1 aromatic carbocycles. The molecule has 0 spiro atoms. The highest BCUT2D eigenvalue weighted by molar-refractivity contribution is 5.75. The van der Waals surface area contributed by atoms with Gasteiger partial charge in [-0.2, -0.15) is 0 Å². The lowest BCUT2D eigenvalue weighted by molar-refractivity contribution is -0.151. The molecule has 0 radical (unpaired) electrons. The Hall–Kier alpha value is -1.55.